The first-order valence-corrected chi connectivity index (χ1v) is 5.60. The molecule has 1 heterocycles. The molecule has 0 saturated heterocycles. The maximum Gasteiger partial charge on any atom is 0.350 e. The lowest BCUT2D eigenvalue weighted by molar-refractivity contribution is -0.129. The van der Waals surface area contributed by atoms with Crippen molar-refractivity contribution < 1.29 is 14.3 Å². The van der Waals surface area contributed by atoms with Crippen molar-refractivity contribution >= 4 is 28.9 Å². The summed E-state index contributed by atoms with van der Waals surface area (Å²) in [5, 5.41) is 1.72. The van der Waals surface area contributed by atoms with Gasteiger partial charge >= 0.3 is 5.97 Å². The van der Waals surface area contributed by atoms with E-state index in [1.54, 1.807) is 25.5 Å². The largest absolute Gasteiger partial charge is 0.461 e. The highest BCUT2D eigenvalue weighted by atomic mass is 32.1. The standard InChI is InChI=1S/C10H14N2O3S/c1-12(2)8(13)3-5-15-10(14)9-7(11)4-6-16-9/h4,6H,3,5,11H2,1-2H3. The number of ether oxygens (including phenoxy) is 1. The van der Waals surface area contributed by atoms with E-state index < -0.39 is 5.97 Å². The predicted octanol–water partition coefficient (Wildman–Crippen LogP) is 0.965. The molecule has 0 aliphatic rings. The van der Waals surface area contributed by atoms with E-state index in [2.05, 4.69) is 0 Å². The third-order valence-corrected chi connectivity index (χ3v) is 2.84. The van der Waals surface area contributed by atoms with Gasteiger partial charge in [-0.2, -0.15) is 0 Å². The van der Waals surface area contributed by atoms with Crippen molar-refractivity contribution in [3.63, 3.8) is 0 Å². The number of nitrogens with two attached hydrogens (primary N) is 1. The van der Waals surface area contributed by atoms with Gasteiger partial charge in [-0.05, 0) is 11.4 Å². The number of thiophene rings is 1. The van der Waals surface area contributed by atoms with Gasteiger partial charge in [0.15, 0.2) is 0 Å². The molecule has 2 N–H and O–H groups in total. The third-order valence-electron chi connectivity index (χ3n) is 1.93. The molecule has 0 bridgehead atoms. The minimum absolute atomic E-state index is 0.0766. The Kier molecular flexibility index (Phi) is 4.30. The minimum Gasteiger partial charge on any atom is -0.461 e. The van der Waals surface area contributed by atoms with Crippen LogP contribution < -0.4 is 5.73 Å². The second-order valence-corrected chi connectivity index (χ2v) is 4.30. The molecule has 0 radical (unpaired) electrons. The smallest absolute Gasteiger partial charge is 0.350 e. The van der Waals surface area contributed by atoms with Crippen molar-refractivity contribution in [3.8, 4) is 0 Å². The van der Waals surface area contributed by atoms with Crippen LogP contribution in [0.25, 0.3) is 0 Å². The molecule has 88 valence electrons. The van der Waals surface area contributed by atoms with Crippen molar-refractivity contribution in [2.75, 3.05) is 26.4 Å². The first-order valence-electron chi connectivity index (χ1n) is 4.72. The number of carbonyl (C=O) groups is 2. The van der Waals surface area contributed by atoms with Crippen LogP contribution in [0.4, 0.5) is 5.69 Å². The van der Waals surface area contributed by atoms with Gasteiger partial charge in [0, 0.05) is 14.1 Å². The summed E-state index contributed by atoms with van der Waals surface area (Å²) < 4.78 is 4.93. The fourth-order valence-electron chi connectivity index (χ4n) is 1.01. The van der Waals surface area contributed by atoms with E-state index in [-0.39, 0.29) is 18.9 Å². The lowest BCUT2D eigenvalue weighted by atomic mass is 10.4. The molecule has 0 fully saturated rings. The normalized spacial score (nSPS) is 9.88. The molecule has 1 aromatic heterocycles. The number of amides is 1. The minimum atomic E-state index is -0.473. The van der Waals surface area contributed by atoms with Crippen LogP contribution in [-0.4, -0.2) is 37.5 Å². The number of nitrogen functional groups attached to an aromatic ring is 1. The van der Waals surface area contributed by atoms with Crippen molar-refractivity contribution in [3.05, 3.63) is 16.3 Å². The highest BCUT2D eigenvalue weighted by Crippen LogP contribution is 2.19. The van der Waals surface area contributed by atoms with Crippen molar-refractivity contribution in [1.82, 2.24) is 4.90 Å². The van der Waals surface area contributed by atoms with E-state index in [0.717, 1.165) is 0 Å². The van der Waals surface area contributed by atoms with Crippen molar-refractivity contribution in [2.24, 2.45) is 0 Å². The van der Waals surface area contributed by atoms with Crippen LogP contribution in [0, 0.1) is 0 Å². The maximum absolute atomic E-state index is 11.5. The molecular weight excluding hydrogens is 228 g/mol. The van der Waals surface area contributed by atoms with Crippen molar-refractivity contribution in [2.45, 2.75) is 6.42 Å². The highest BCUT2D eigenvalue weighted by Gasteiger charge is 2.13. The van der Waals surface area contributed by atoms with Gasteiger partial charge in [0.25, 0.3) is 0 Å². The first-order chi connectivity index (χ1) is 7.52. The first kappa shape index (κ1) is 12.5. The quantitative estimate of drug-likeness (QED) is 0.798. The fourth-order valence-corrected chi connectivity index (χ4v) is 1.72. The number of rotatable bonds is 4. The second kappa shape index (κ2) is 5.50. The second-order valence-electron chi connectivity index (χ2n) is 3.38. The van der Waals surface area contributed by atoms with Gasteiger partial charge in [-0.3, -0.25) is 4.79 Å². The molecular formula is C10H14N2O3S. The van der Waals surface area contributed by atoms with E-state index in [4.69, 9.17) is 10.5 Å². The Hall–Kier alpha value is -1.56. The van der Waals surface area contributed by atoms with Gasteiger partial charge < -0.3 is 15.4 Å². The highest BCUT2D eigenvalue weighted by molar-refractivity contribution is 7.12. The van der Waals surface area contributed by atoms with Crippen LogP contribution in [0.5, 0.6) is 0 Å². The van der Waals surface area contributed by atoms with Gasteiger partial charge in [0.1, 0.15) is 11.5 Å². The molecule has 16 heavy (non-hydrogen) atoms. The zero-order chi connectivity index (χ0) is 12.1. The molecule has 0 saturated carbocycles. The Bertz CT molecular complexity index is 387. The Labute approximate surface area is 97.8 Å². The summed E-state index contributed by atoms with van der Waals surface area (Å²) in [4.78, 5) is 24.5. The van der Waals surface area contributed by atoms with Crippen LogP contribution in [-0.2, 0) is 9.53 Å². The van der Waals surface area contributed by atoms with Crippen LogP contribution in [0.3, 0.4) is 0 Å². The van der Waals surface area contributed by atoms with Crippen LogP contribution >= 0.6 is 11.3 Å². The molecule has 5 nitrogen and oxygen atoms in total. The zero-order valence-electron chi connectivity index (χ0n) is 9.23. The van der Waals surface area contributed by atoms with Gasteiger partial charge in [0.2, 0.25) is 5.91 Å². The van der Waals surface area contributed by atoms with Gasteiger partial charge in [0.05, 0.1) is 12.1 Å². The average molecular weight is 242 g/mol. The number of anilines is 1. The summed E-state index contributed by atoms with van der Waals surface area (Å²) in [6.45, 7) is 0.0766. The number of esters is 1. The topological polar surface area (TPSA) is 72.6 Å². The van der Waals surface area contributed by atoms with E-state index in [9.17, 15) is 9.59 Å². The molecule has 6 heteroatoms. The Balaban J connectivity index is 2.37. The van der Waals surface area contributed by atoms with Crippen LogP contribution in [0.15, 0.2) is 11.4 Å². The van der Waals surface area contributed by atoms with Crippen LogP contribution in [0.2, 0.25) is 0 Å². The predicted molar refractivity (Wildman–Crippen MR) is 62.3 cm³/mol. The third kappa shape index (κ3) is 3.23. The Morgan fingerprint density at radius 3 is 2.69 bits per heavy atom. The van der Waals surface area contributed by atoms with E-state index >= 15 is 0 Å². The monoisotopic (exact) mass is 242 g/mol. The summed E-state index contributed by atoms with van der Waals surface area (Å²) in [7, 11) is 3.31. The molecule has 1 amide bonds. The lowest BCUT2D eigenvalue weighted by Crippen LogP contribution is -2.23. The molecule has 0 atom stereocenters. The summed E-state index contributed by atoms with van der Waals surface area (Å²) in [6, 6.07) is 1.65. The van der Waals surface area contributed by atoms with Crippen molar-refractivity contribution in [1.29, 1.82) is 0 Å². The number of hydrogen-bond acceptors (Lipinski definition) is 5. The summed E-state index contributed by atoms with van der Waals surface area (Å²) in [5.41, 5.74) is 5.97. The number of carbonyl (C=O) groups excluding carboxylic acids is 2. The molecule has 0 aliphatic heterocycles. The maximum atomic E-state index is 11.5. The Morgan fingerprint density at radius 1 is 1.50 bits per heavy atom. The molecule has 0 aliphatic carbocycles. The van der Waals surface area contributed by atoms with E-state index in [1.807, 2.05) is 0 Å². The van der Waals surface area contributed by atoms with E-state index in [0.29, 0.717) is 10.6 Å². The lowest BCUT2D eigenvalue weighted by Gasteiger charge is -2.09. The molecule has 1 rings (SSSR count). The van der Waals surface area contributed by atoms with Crippen LogP contribution in [0.1, 0.15) is 16.1 Å². The average Bonchev–Trinajstić information content (AvgIpc) is 2.64. The SMILES string of the molecule is CN(C)C(=O)CCOC(=O)c1sccc1N. The Morgan fingerprint density at radius 2 is 2.19 bits per heavy atom. The summed E-state index contributed by atoms with van der Waals surface area (Å²) in [5.74, 6) is -0.550. The van der Waals surface area contributed by atoms with Gasteiger partial charge in [-0.25, -0.2) is 4.79 Å². The van der Waals surface area contributed by atoms with Gasteiger partial charge in [-0.1, -0.05) is 0 Å². The summed E-state index contributed by atoms with van der Waals surface area (Å²) >= 11 is 1.23. The van der Waals surface area contributed by atoms with E-state index in [1.165, 1.54) is 16.2 Å². The molecule has 0 unspecified atom stereocenters. The number of hydrogen-bond donors (Lipinski definition) is 1. The fraction of sp³-hybridized carbons (Fsp3) is 0.400. The number of nitrogens with zero attached hydrogens (tertiary/aromatic N) is 1. The molecule has 0 aromatic carbocycles. The van der Waals surface area contributed by atoms with Gasteiger partial charge in [-0.15, -0.1) is 11.3 Å². The zero-order valence-corrected chi connectivity index (χ0v) is 10.0. The molecule has 0 spiro atoms. The summed E-state index contributed by atoms with van der Waals surface area (Å²) in [6.07, 6.45) is 0.185. The molecule has 1 aromatic rings.